The van der Waals surface area contributed by atoms with E-state index in [4.69, 9.17) is 5.11 Å². The number of hydrogen-bond donors (Lipinski definition) is 2. The third-order valence-corrected chi connectivity index (χ3v) is 2.85. The van der Waals surface area contributed by atoms with Gasteiger partial charge in [-0.25, -0.2) is 4.79 Å². The molecule has 0 heterocycles. The zero-order chi connectivity index (χ0) is 14.0. The first-order valence-electron chi connectivity index (χ1n) is 5.54. The number of halogens is 2. The van der Waals surface area contributed by atoms with Gasteiger partial charge in [-0.15, -0.1) is 0 Å². The molecule has 102 valence electrons. The molecule has 7 heteroatoms. The van der Waals surface area contributed by atoms with Gasteiger partial charge in [0.15, 0.2) is 0 Å². The van der Waals surface area contributed by atoms with Crippen LogP contribution < -0.4 is 10.1 Å². The Bertz CT molecular complexity index is 497. The third-order valence-electron chi connectivity index (χ3n) is 2.85. The van der Waals surface area contributed by atoms with Crippen LogP contribution in [-0.2, 0) is 4.79 Å². The van der Waals surface area contributed by atoms with Gasteiger partial charge >= 0.3 is 12.6 Å². The van der Waals surface area contributed by atoms with E-state index in [1.165, 1.54) is 24.3 Å². The Labute approximate surface area is 107 Å². The van der Waals surface area contributed by atoms with Crippen LogP contribution in [0.25, 0.3) is 0 Å². The highest BCUT2D eigenvalue weighted by Gasteiger charge is 2.51. The summed E-state index contributed by atoms with van der Waals surface area (Å²) in [7, 11) is 0. The van der Waals surface area contributed by atoms with Crippen molar-refractivity contribution in [3.8, 4) is 5.75 Å². The van der Waals surface area contributed by atoms with E-state index in [1.54, 1.807) is 0 Å². The fourth-order valence-corrected chi connectivity index (χ4v) is 1.59. The van der Waals surface area contributed by atoms with Crippen molar-refractivity contribution in [2.24, 2.45) is 0 Å². The Morgan fingerprint density at radius 1 is 1.26 bits per heavy atom. The van der Waals surface area contributed by atoms with Gasteiger partial charge in [0.2, 0.25) is 0 Å². The van der Waals surface area contributed by atoms with E-state index in [2.05, 4.69) is 10.1 Å². The van der Waals surface area contributed by atoms with Crippen molar-refractivity contribution in [3.05, 3.63) is 29.8 Å². The zero-order valence-electron chi connectivity index (χ0n) is 9.73. The molecule has 1 amide bonds. The van der Waals surface area contributed by atoms with E-state index in [0.717, 1.165) is 0 Å². The van der Waals surface area contributed by atoms with E-state index in [0.29, 0.717) is 12.8 Å². The number of amides is 1. The van der Waals surface area contributed by atoms with Crippen LogP contribution in [0.3, 0.4) is 0 Å². The highest BCUT2D eigenvalue weighted by Crippen LogP contribution is 2.35. The summed E-state index contributed by atoms with van der Waals surface area (Å²) in [4.78, 5) is 22.7. The van der Waals surface area contributed by atoms with Gasteiger partial charge in [0, 0.05) is 5.56 Å². The highest BCUT2D eigenvalue weighted by molar-refractivity contribution is 5.98. The first-order chi connectivity index (χ1) is 8.93. The van der Waals surface area contributed by atoms with Crippen molar-refractivity contribution in [2.75, 3.05) is 0 Å². The monoisotopic (exact) mass is 271 g/mol. The number of hydrogen-bond acceptors (Lipinski definition) is 3. The minimum Gasteiger partial charge on any atom is -0.480 e. The Balaban J connectivity index is 2.02. The summed E-state index contributed by atoms with van der Waals surface area (Å²) in [5.74, 6) is -1.69. The molecule has 5 nitrogen and oxygen atoms in total. The molecule has 1 aliphatic carbocycles. The molecule has 1 aromatic carbocycles. The van der Waals surface area contributed by atoms with Gasteiger partial charge in [0.1, 0.15) is 11.3 Å². The van der Waals surface area contributed by atoms with Gasteiger partial charge in [0.25, 0.3) is 5.91 Å². The van der Waals surface area contributed by atoms with E-state index in [1.807, 2.05) is 0 Å². The maximum absolute atomic E-state index is 11.9. The molecule has 0 atom stereocenters. The number of nitrogens with one attached hydrogen (secondary N) is 1. The second-order valence-electron chi connectivity index (χ2n) is 4.24. The lowest BCUT2D eigenvalue weighted by Crippen LogP contribution is -2.43. The molecule has 0 bridgehead atoms. The van der Waals surface area contributed by atoms with E-state index in [-0.39, 0.29) is 11.3 Å². The molecule has 2 rings (SSSR count). The predicted molar refractivity (Wildman–Crippen MR) is 60.1 cm³/mol. The lowest BCUT2D eigenvalue weighted by molar-refractivity contribution is -0.140. The van der Waals surface area contributed by atoms with Crippen LogP contribution in [0.2, 0.25) is 0 Å². The summed E-state index contributed by atoms with van der Waals surface area (Å²) >= 11 is 0. The molecule has 1 aromatic rings. The molecule has 19 heavy (non-hydrogen) atoms. The molecule has 1 saturated carbocycles. The summed E-state index contributed by atoms with van der Waals surface area (Å²) in [6.45, 7) is -2.93. The summed E-state index contributed by atoms with van der Waals surface area (Å²) in [5, 5.41) is 11.3. The largest absolute Gasteiger partial charge is 0.480 e. The quantitative estimate of drug-likeness (QED) is 0.853. The van der Waals surface area contributed by atoms with Crippen LogP contribution in [0.5, 0.6) is 5.75 Å². The number of aliphatic carboxylic acids is 1. The topological polar surface area (TPSA) is 75.6 Å². The molecular weight excluding hydrogens is 260 g/mol. The minimum atomic E-state index is -2.93. The summed E-state index contributed by atoms with van der Waals surface area (Å²) in [6.07, 6.45) is 0.779. The third kappa shape index (κ3) is 2.98. The van der Waals surface area contributed by atoms with Crippen molar-refractivity contribution in [1.82, 2.24) is 5.32 Å². The second-order valence-corrected chi connectivity index (χ2v) is 4.24. The fraction of sp³-hybridized carbons (Fsp3) is 0.333. The van der Waals surface area contributed by atoms with Crippen molar-refractivity contribution in [2.45, 2.75) is 25.0 Å². The number of carboxylic acid groups (broad SMARTS) is 1. The number of carbonyl (C=O) groups is 2. The Kier molecular flexibility index (Phi) is 3.37. The van der Waals surface area contributed by atoms with E-state index >= 15 is 0 Å². The maximum atomic E-state index is 11.9. The smallest absolute Gasteiger partial charge is 0.387 e. The second kappa shape index (κ2) is 4.83. The van der Waals surface area contributed by atoms with Gasteiger partial charge < -0.3 is 15.2 Å². The Morgan fingerprint density at radius 2 is 1.84 bits per heavy atom. The van der Waals surface area contributed by atoms with Crippen LogP contribution in [0.1, 0.15) is 23.2 Å². The average molecular weight is 271 g/mol. The highest BCUT2D eigenvalue weighted by atomic mass is 19.3. The average Bonchev–Trinajstić information content (AvgIpc) is 3.10. The lowest BCUT2D eigenvalue weighted by atomic mass is 10.2. The molecule has 0 unspecified atom stereocenters. The lowest BCUT2D eigenvalue weighted by Gasteiger charge is -2.12. The molecule has 0 radical (unpaired) electrons. The van der Waals surface area contributed by atoms with Crippen LogP contribution in [0.15, 0.2) is 24.3 Å². The molecular formula is C12H11F2NO4. The SMILES string of the molecule is O=C(NC1(C(=O)O)CC1)c1ccc(OC(F)F)cc1. The van der Waals surface area contributed by atoms with Crippen molar-refractivity contribution in [3.63, 3.8) is 0 Å². The maximum Gasteiger partial charge on any atom is 0.387 e. The number of alkyl halides is 2. The summed E-state index contributed by atoms with van der Waals surface area (Å²) < 4.78 is 28.0. The number of ether oxygens (including phenoxy) is 1. The molecule has 0 aromatic heterocycles. The molecule has 1 aliphatic rings. The van der Waals surface area contributed by atoms with Crippen LogP contribution >= 0.6 is 0 Å². The standard InChI is InChI=1S/C12H11F2NO4/c13-11(14)19-8-3-1-7(2-4-8)9(16)15-12(5-6-12)10(17)18/h1-4,11H,5-6H2,(H,15,16)(H,17,18). The predicted octanol–water partition coefficient (Wildman–Crippen LogP) is 1.63. The minimum absolute atomic E-state index is 0.0640. The van der Waals surface area contributed by atoms with Crippen LogP contribution in [-0.4, -0.2) is 29.1 Å². The van der Waals surface area contributed by atoms with Gasteiger partial charge in [-0.2, -0.15) is 8.78 Å². The van der Waals surface area contributed by atoms with Crippen molar-refractivity contribution in [1.29, 1.82) is 0 Å². The number of carboxylic acids is 1. The Hall–Kier alpha value is -2.18. The Morgan fingerprint density at radius 3 is 2.26 bits per heavy atom. The first kappa shape index (κ1) is 13.3. The van der Waals surface area contributed by atoms with Crippen molar-refractivity contribution < 1.29 is 28.2 Å². The van der Waals surface area contributed by atoms with E-state index in [9.17, 15) is 18.4 Å². The van der Waals surface area contributed by atoms with Crippen LogP contribution in [0.4, 0.5) is 8.78 Å². The van der Waals surface area contributed by atoms with Gasteiger partial charge in [0.05, 0.1) is 0 Å². The number of benzene rings is 1. The van der Waals surface area contributed by atoms with Gasteiger partial charge in [-0.1, -0.05) is 0 Å². The van der Waals surface area contributed by atoms with Gasteiger partial charge in [-0.3, -0.25) is 4.79 Å². The van der Waals surface area contributed by atoms with Crippen LogP contribution in [0, 0.1) is 0 Å². The number of carbonyl (C=O) groups excluding carboxylic acids is 1. The zero-order valence-corrected chi connectivity index (χ0v) is 9.73. The fourth-order valence-electron chi connectivity index (χ4n) is 1.59. The first-order valence-corrected chi connectivity index (χ1v) is 5.54. The summed E-state index contributed by atoms with van der Waals surface area (Å²) in [5.41, 5.74) is -0.982. The molecule has 0 aliphatic heterocycles. The van der Waals surface area contributed by atoms with Gasteiger partial charge in [-0.05, 0) is 37.1 Å². The molecule has 1 fully saturated rings. The van der Waals surface area contributed by atoms with Crippen molar-refractivity contribution >= 4 is 11.9 Å². The molecule has 0 saturated heterocycles. The molecule has 0 spiro atoms. The number of rotatable bonds is 5. The van der Waals surface area contributed by atoms with E-state index < -0.39 is 24.0 Å². The molecule has 2 N–H and O–H groups in total. The normalized spacial score (nSPS) is 15.9. The summed E-state index contributed by atoms with van der Waals surface area (Å²) in [6, 6.07) is 5.04.